The van der Waals surface area contributed by atoms with Crippen LogP contribution in [-0.4, -0.2) is 221 Å². The van der Waals surface area contributed by atoms with Gasteiger partial charge in [-0.05, 0) is 89.0 Å². The molecule has 0 unspecified atom stereocenters. The van der Waals surface area contributed by atoms with E-state index in [-0.39, 0.29) is 84.7 Å². The molecule has 0 spiro atoms. The summed E-state index contributed by atoms with van der Waals surface area (Å²) in [5, 5.41) is 48.3. The second-order valence-corrected chi connectivity index (χ2v) is 34.2. The van der Waals surface area contributed by atoms with Crippen molar-refractivity contribution in [1.29, 1.82) is 0 Å². The van der Waals surface area contributed by atoms with Crippen molar-refractivity contribution in [2.75, 3.05) is 140 Å². The van der Waals surface area contributed by atoms with Gasteiger partial charge in [0, 0.05) is 146 Å². The number of aliphatic imine (C=N–C) groups is 4. The number of hydrogen-bond acceptors (Lipinski definition) is 34. The van der Waals surface area contributed by atoms with E-state index in [1.165, 1.54) is 12.1 Å². The highest BCUT2D eigenvalue weighted by molar-refractivity contribution is 6.19. The Kier molecular flexibility index (Phi) is 29.3. The summed E-state index contributed by atoms with van der Waals surface area (Å²) in [6.07, 6.45) is 0.967. The number of ketones is 4. The number of aromatic nitrogens is 10. The number of fused-ring (bicyclic) bond motifs is 4. The summed E-state index contributed by atoms with van der Waals surface area (Å²) >= 11 is 0. The maximum Gasteiger partial charge on any atom is 0.317 e. The molecule has 13 heterocycles. The molecule has 34 nitrogen and oxygen atoms in total. The number of nitrogens with zero attached hydrogens (tertiary/aromatic N) is 17. The zero-order valence-corrected chi connectivity index (χ0v) is 78.2. The molecule has 0 saturated carbocycles. The lowest BCUT2D eigenvalue weighted by molar-refractivity contribution is -0.119. The van der Waals surface area contributed by atoms with Crippen molar-refractivity contribution in [3.63, 3.8) is 0 Å². The predicted octanol–water partition coefficient (Wildman–Crippen LogP) is 15.0. The van der Waals surface area contributed by atoms with E-state index in [4.69, 9.17) is 56.6 Å². The highest BCUT2D eigenvalue weighted by Crippen LogP contribution is 2.36. The van der Waals surface area contributed by atoms with E-state index >= 15 is 0 Å². The molecule has 4 atom stereocenters. The Hall–Kier alpha value is -17.4. The molecule has 0 aliphatic carbocycles. The Morgan fingerprint density at radius 1 is 0.333 bits per heavy atom. The maximum atomic E-state index is 14.2. The van der Waals surface area contributed by atoms with Gasteiger partial charge in [0.05, 0.1) is 92.1 Å². The molecule has 5 N–H and O–H groups in total. The Morgan fingerprint density at radius 3 is 1.09 bits per heavy atom. The van der Waals surface area contributed by atoms with E-state index in [1.54, 1.807) is 25.6 Å². The third-order valence-electron chi connectivity index (χ3n) is 24.7. The lowest BCUT2D eigenvalue weighted by Crippen LogP contribution is -2.36. The van der Waals surface area contributed by atoms with Crippen LogP contribution in [0.1, 0.15) is 66.8 Å². The number of Topliss-reactive ketones (excluding diaryl/α,β-unsaturated/α-hetero) is 4. The molecule has 0 amide bonds. The number of carbonyl (C=O) groups is 4. The molecule has 6 aromatic heterocycles. The average Bonchev–Trinajstić information content (AvgIpc) is 1.76. The molecule has 7 aliphatic rings. The van der Waals surface area contributed by atoms with Crippen LogP contribution in [0.25, 0.3) is 45.9 Å². The van der Waals surface area contributed by atoms with Crippen LogP contribution in [0.5, 0.6) is 0 Å². The van der Waals surface area contributed by atoms with Gasteiger partial charge in [-0.2, -0.15) is 0 Å². The molecule has 16 aromatic rings. The van der Waals surface area contributed by atoms with Crippen LogP contribution in [0, 0.1) is 5.82 Å². The molecule has 3 saturated heterocycles. The molecule has 144 heavy (non-hydrogen) atoms. The highest BCUT2D eigenvalue weighted by atomic mass is 19.1. The Bertz CT molecular complexity index is 7100. The minimum Gasteiger partial charge on any atom is -0.403 e. The molecular formula is C109H97FN22O12. The average molecular weight is 1930 g/mol. The van der Waals surface area contributed by atoms with Crippen LogP contribution < -0.4 is 41.3 Å². The van der Waals surface area contributed by atoms with E-state index in [9.17, 15) is 23.6 Å². The van der Waals surface area contributed by atoms with Crippen LogP contribution in [0.15, 0.2) is 335 Å². The molecule has 3 fully saturated rings. The third kappa shape index (κ3) is 22.5. The summed E-state index contributed by atoms with van der Waals surface area (Å²) in [6, 6.07) is 90.8. The van der Waals surface area contributed by atoms with E-state index in [0.29, 0.717) is 93.7 Å². The number of morpholine rings is 3. The van der Waals surface area contributed by atoms with Crippen molar-refractivity contribution in [1.82, 2.24) is 50.8 Å². The van der Waals surface area contributed by atoms with Crippen LogP contribution in [-0.2, 0) is 63.8 Å². The van der Waals surface area contributed by atoms with Crippen molar-refractivity contribution in [3.8, 4) is 45.9 Å². The topological polar surface area (TPSA) is 406 Å². The standard InChI is InChI=1S/C28H24FN5O3.2C27H24N6O3.C27H25N5O3/c29-20-10-11-23(34-12-14-36-15-13-34)22(17-20)27-32-33-28(37-27)31-26-24(35)16-19-8-4-5-9-21(19)25(30-26)18-6-2-1-3-7-18;34-22-16-19-8-4-5-9-21(19)24(18-6-2-1-3-7-18)29-25(22)30-27-32-31-26(36-27)20-10-11-23(28-17-20)33-12-14-35-15-13-33;34-23-16-19-8-4-5-9-21(19)24(18-6-2-1-3-7-18)29-25(23)30-27-32-31-26(36-27)22-11-10-20(17-28-22)33-12-14-35-15-13-33;1-34-16-15-28-21-13-11-19(12-14-21)26-31-32-27(35-26)30-25-23(33)17-20-9-5-6-10-22(20)24(29-25)18-7-3-2-4-8-18/h1-11,17,26H,12-16H2,(H,31,33);2*1-11,17,25H,12-16H2,(H,30,32);2-14,25,28H,15-17H2,1H3,(H,30,32)/t26-;3*25-/m1111/s1. The summed E-state index contributed by atoms with van der Waals surface area (Å²) in [5.74, 6) is 1.20. The second kappa shape index (κ2) is 44.8. The first kappa shape index (κ1) is 94.2. The van der Waals surface area contributed by atoms with Gasteiger partial charge >= 0.3 is 24.1 Å². The summed E-state index contributed by atoms with van der Waals surface area (Å²) in [6.45, 7) is 9.96. The van der Waals surface area contributed by atoms with E-state index < -0.39 is 30.5 Å². The second-order valence-electron chi connectivity index (χ2n) is 34.2. The van der Waals surface area contributed by atoms with Gasteiger partial charge < -0.3 is 77.9 Å². The number of nitrogens with one attached hydrogen (secondary N) is 5. The summed E-state index contributed by atoms with van der Waals surface area (Å²) in [5.41, 5.74) is 19.4. The fourth-order valence-corrected chi connectivity index (χ4v) is 17.4. The third-order valence-corrected chi connectivity index (χ3v) is 24.7. The summed E-state index contributed by atoms with van der Waals surface area (Å²) in [7, 11) is 1.67. The first-order valence-corrected chi connectivity index (χ1v) is 47.3. The van der Waals surface area contributed by atoms with Gasteiger partial charge in [0.15, 0.2) is 47.8 Å². The number of hydrogen-bond donors (Lipinski definition) is 5. The predicted molar refractivity (Wildman–Crippen MR) is 543 cm³/mol. The minimum absolute atomic E-state index is 0.0349. The number of pyridine rings is 2. The molecule has 7 aliphatic heterocycles. The fourth-order valence-electron chi connectivity index (χ4n) is 17.4. The SMILES string of the molecule is COCCNc1ccc(-c2nnc(N[C@H]3N=C(c4ccccc4)c4ccccc4CC3=O)o2)cc1.O=C1Cc2ccccc2C(c2ccccc2)=N[C@@H]1Nc1nnc(-c2cc(F)ccc2N2CCOCC2)o1.O=C1Cc2ccccc2C(c2ccccc2)=N[C@@H]1Nc1nnc(-c2ccc(N3CCOCC3)cn2)o1.O=C1Cc2ccccc2C(c2ccccc2)=N[C@@H]1Nc1nnc(-c2ccc(N3CCOCC3)nc2)o1. The van der Waals surface area contributed by atoms with Gasteiger partial charge in [0.25, 0.3) is 17.7 Å². The van der Waals surface area contributed by atoms with E-state index in [2.05, 4.69) is 92.0 Å². The van der Waals surface area contributed by atoms with Gasteiger partial charge in [-0.1, -0.05) is 239 Å². The first-order valence-electron chi connectivity index (χ1n) is 47.3. The Morgan fingerprint density at radius 2 is 0.694 bits per heavy atom. The fraction of sp³-hybridized carbons (Fsp3) is 0.211. The first-order chi connectivity index (χ1) is 70.8. The number of ether oxygens (including phenoxy) is 4. The smallest absolute Gasteiger partial charge is 0.317 e. The number of anilines is 8. The zero-order chi connectivity index (χ0) is 97.9. The molecule has 0 radical (unpaired) electrons. The molecule has 722 valence electrons. The largest absolute Gasteiger partial charge is 0.403 e. The van der Waals surface area contributed by atoms with Gasteiger partial charge in [-0.3, -0.25) is 39.1 Å². The number of carbonyl (C=O) groups excluding carboxylic acids is 4. The van der Waals surface area contributed by atoms with Crippen molar-refractivity contribution in [2.45, 2.75) is 50.3 Å². The van der Waals surface area contributed by atoms with Gasteiger partial charge in [-0.25, -0.2) is 14.4 Å². The molecule has 23 rings (SSSR count). The van der Waals surface area contributed by atoms with Crippen LogP contribution in [0.4, 0.5) is 51.3 Å². The van der Waals surface area contributed by atoms with E-state index in [1.807, 2.05) is 267 Å². The maximum absolute atomic E-state index is 14.2. The van der Waals surface area contributed by atoms with Crippen LogP contribution >= 0.6 is 0 Å². The van der Waals surface area contributed by atoms with Crippen LogP contribution in [0.2, 0.25) is 0 Å². The highest BCUT2D eigenvalue weighted by Gasteiger charge is 2.34. The van der Waals surface area contributed by atoms with Gasteiger partial charge in [0.1, 0.15) is 17.3 Å². The Balaban J connectivity index is 0.000000117. The summed E-state index contributed by atoms with van der Waals surface area (Å²) < 4.78 is 58.9. The normalized spacial score (nSPS) is 17.1. The monoisotopic (exact) mass is 1920 g/mol. The number of rotatable bonds is 23. The van der Waals surface area contributed by atoms with E-state index in [0.717, 1.165) is 145 Å². The summed E-state index contributed by atoms with van der Waals surface area (Å²) in [4.78, 5) is 87.3. The quantitative estimate of drug-likeness (QED) is 0.0371. The molecule has 0 bridgehead atoms. The number of halogens is 1. The lowest BCUT2D eigenvalue weighted by atomic mass is 9.96. The van der Waals surface area contributed by atoms with Crippen molar-refractivity contribution in [3.05, 3.63) is 370 Å². The van der Waals surface area contributed by atoms with Crippen LogP contribution in [0.3, 0.4) is 0 Å². The molecule has 10 aromatic carbocycles. The van der Waals surface area contributed by atoms with Gasteiger partial charge in [0.2, 0.25) is 5.89 Å². The Labute approximate surface area is 826 Å². The number of methoxy groups -OCH3 is 1. The zero-order valence-electron chi connectivity index (χ0n) is 78.2. The molecule has 35 heteroatoms. The van der Waals surface area contributed by atoms with Crippen molar-refractivity contribution in [2.24, 2.45) is 20.0 Å². The lowest BCUT2D eigenvalue weighted by Gasteiger charge is -2.30. The van der Waals surface area contributed by atoms with Crippen molar-refractivity contribution >= 4 is 92.9 Å². The van der Waals surface area contributed by atoms with Gasteiger partial charge in [-0.15, -0.1) is 20.4 Å². The van der Waals surface area contributed by atoms with Crippen molar-refractivity contribution < 1.29 is 60.2 Å². The number of benzene rings is 10. The minimum atomic E-state index is -0.929. The molecular weight excluding hydrogens is 1830 g/mol.